The molecule has 0 bridgehead atoms. The van der Waals surface area contributed by atoms with Crippen molar-refractivity contribution in [1.29, 1.82) is 0 Å². The molecule has 0 spiro atoms. The van der Waals surface area contributed by atoms with Gasteiger partial charge in [-0.2, -0.15) is 0 Å². The van der Waals surface area contributed by atoms with E-state index < -0.39 is 0 Å². The van der Waals surface area contributed by atoms with Gasteiger partial charge >= 0.3 is 0 Å². The predicted octanol–water partition coefficient (Wildman–Crippen LogP) is 2.90. The number of aliphatic hydroxyl groups is 1. The third kappa shape index (κ3) is 3.16. The Kier molecular flexibility index (Phi) is 4.17. The number of benzene rings is 1. The van der Waals surface area contributed by atoms with Crippen molar-refractivity contribution in [2.24, 2.45) is 0 Å². The van der Waals surface area contributed by atoms with Crippen molar-refractivity contribution < 1.29 is 9.84 Å². The second kappa shape index (κ2) is 5.17. The van der Waals surface area contributed by atoms with Crippen LogP contribution in [0.4, 0.5) is 0 Å². The monoisotopic (exact) mass is 256 g/mol. The molecule has 76 valence electrons. The first-order chi connectivity index (χ1) is 6.63. The Balaban J connectivity index is 2.73. The molecule has 0 atom stereocenters. The van der Waals surface area contributed by atoms with Gasteiger partial charge in [0.05, 0.1) is 11.1 Å². The molecule has 14 heavy (non-hydrogen) atoms. The van der Waals surface area contributed by atoms with Crippen molar-refractivity contribution in [2.45, 2.75) is 13.5 Å². The average Bonchev–Trinajstić information content (AvgIpc) is 2.15. The average molecular weight is 257 g/mol. The van der Waals surface area contributed by atoms with Crippen LogP contribution in [0.25, 0.3) is 0 Å². The second-order valence-electron chi connectivity index (χ2n) is 3.17. The summed E-state index contributed by atoms with van der Waals surface area (Å²) in [4.78, 5) is 0. The van der Waals surface area contributed by atoms with E-state index in [4.69, 9.17) is 9.84 Å². The Hall–Kier alpha value is -0.800. The summed E-state index contributed by atoms with van der Waals surface area (Å²) >= 11 is 3.37. The molecule has 3 heteroatoms. The van der Waals surface area contributed by atoms with Crippen molar-refractivity contribution in [3.63, 3.8) is 0 Å². The fraction of sp³-hybridized carbons (Fsp3) is 0.273. The number of aliphatic hydroxyl groups excluding tert-OH is 1. The molecule has 0 radical (unpaired) electrons. The van der Waals surface area contributed by atoms with Gasteiger partial charge in [-0.3, -0.25) is 0 Å². The smallest absolute Gasteiger partial charge is 0.133 e. The Morgan fingerprint density at radius 3 is 2.79 bits per heavy atom. The zero-order valence-corrected chi connectivity index (χ0v) is 9.67. The molecule has 0 saturated heterocycles. The Morgan fingerprint density at radius 2 is 2.29 bits per heavy atom. The third-order valence-electron chi connectivity index (χ3n) is 1.65. The van der Waals surface area contributed by atoms with E-state index in [-0.39, 0.29) is 6.61 Å². The summed E-state index contributed by atoms with van der Waals surface area (Å²) in [6, 6.07) is 5.50. The number of ether oxygens (including phenoxy) is 1. The van der Waals surface area contributed by atoms with E-state index in [1.165, 1.54) is 0 Å². The van der Waals surface area contributed by atoms with Gasteiger partial charge < -0.3 is 9.84 Å². The maximum absolute atomic E-state index is 8.90. The molecule has 0 saturated carbocycles. The zero-order valence-electron chi connectivity index (χ0n) is 8.09. The number of rotatable bonds is 4. The van der Waals surface area contributed by atoms with Crippen LogP contribution < -0.4 is 4.74 Å². The van der Waals surface area contributed by atoms with Crippen LogP contribution in [0.1, 0.15) is 12.5 Å². The highest BCUT2D eigenvalue weighted by atomic mass is 79.9. The quantitative estimate of drug-likeness (QED) is 0.840. The van der Waals surface area contributed by atoms with Crippen molar-refractivity contribution in [3.8, 4) is 5.75 Å². The second-order valence-corrected chi connectivity index (χ2v) is 4.02. The maximum Gasteiger partial charge on any atom is 0.133 e. The zero-order chi connectivity index (χ0) is 10.6. The molecule has 1 aromatic carbocycles. The third-order valence-corrected chi connectivity index (χ3v) is 2.27. The van der Waals surface area contributed by atoms with Crippen molar-refractivity contribution in [2.75, 3.05) is 6.61 Å². The summed E-state index contributed by atoms with van der Waals surface area (Å²) in [5.41, 5.74) is 1.84. The van der Waals surface area contributed by atoms with Gasteiger partial charge in [0.15, 0.2) is 0 Å². The van der Waals surface area contributed by atoms with E-state index >= 15 is 0 Å². The van der Waals surface area contributed by atoms with Crippen molar-refractivity contribution in [3.05, 3.63) is 40.4 Å². The lowest BCUT2D eigenvalue weighted by Gasteiger charge is -2.08. The molecule has 0 aromatic heterocycles. The predicted molar refractivity (Wildman–Crippen MR) is 60.4 cm³/mol. The summed E-state index contributed by atoms with van der Waals surface area (Å²) in [6.07, 6.45) is 0. The molecule has 1 rings (SSSR count). The molecule has 0 unspecified atom stereocenters. The van der Waals surface area contributed by atoms with Crippen LogP contribution in [-0.2, 0) is 6.61 Å². The Labute approximate surface area is 92.3 Å². The first-order valence-corrected chi connectivity index (χ1v) is 5.09. The van der Waals surface area contributed by atoms with Gasteiger partial charge in [-0.1, -0.05) is 12.6 Å². The molecule has 2 nitrogen and oxygen atoms in total. The van der Waals surface area contributed by atoms with Gasteiger partial charge in [-0.25, -0.2) is 0 Å². The topological polar surface area (TPSA) is 29.5 Å². The summed E-state index contributed by atoms with van der Waals surface area (Å²) in [7, 11) is 0. The highest BCUT2D eigenvalue weighted by molar-refractivity contribution is 9.10. The van der Waals surface area contributed by atoms with Gasteiger partial charge in [-0.15, -0.1) is 0 Å². The van der Waals surface area contributed by atoms with Crippen LogP contribution in [0.3, 0.4) is 0 Å². The summed E-state index contributed by atoms with van der Waals surface area (Å²) < 4.78 is 6.32. The lowest BCUT2D eigenvalue weighted by atomic mass is 10.2. The van der Waals surface area contributed by atoms with Crippen LogP contribution in [0, 0.1) is 0 Å². The van der Waals surface area contributed by atoms with Gasteiger partial charge in [0.1, 0.15) is 12.4 Å². The maximum atomic E-state index is 8.90. The normalized spacial score (nSPS) is 9.93. The number of halogens is 1. The first kappa shape index (κ1) is 11.3. The van der Waals surface area contributed by atoms with E-state index in [0.29, 0.717) is 6.61 Å². The largest absolute Gasteiger partial charge is 0.488 e. The Morgan fingerprint density at radius 1 is 1.57 bits per heavy atom. The van der Waals surface area contributed by atoms with Crippen LogP contribution in [0.2, 0.25) is 0 Å². The molecule has 0 aliphatic heterocycles. The number of hydrogen-bond acceptors (Lipinski definition) is 2. The van der Waals surface area contributed by atoms with E-state index in [0.717, 1.165) is 21.4 Å². The molecule has 1 N–H and O–H groups in total. The van der Waals surface area contributed by atoms with E-state index in [2.05, 4.69) is 22.5 Å². The van der Waals surface area contributed by atoms with E-state index in [1.54, 1.807) is 0 Å². The summed E-state index contributed by atoms with van der Waals surface area (Å²) in [6.45, 7) is 6.22. The minimum Gasteiger partial charge on any atom is -0.488 e. The molecular formula is C11H13BrO2. The molecule has 0 fully saturated rings. The highest BCUT2D eigenvalue weighted by Gasteiger charge is 2.01. The lowest BCUT2D eigenvalue weighted by Crippen LogP contribution is -1.98. The van der Waals surface area contributed by atoms with Gasteiger partial charge in [0.2, 0.25) is 0 Å². The molecule has 0 amide bonds. The fourth-order valence-electron chi connectivity index (χ4n) is 0.961. The van der Waals surface area contributed by atoms with Gasteiger partial charge in [-0.05, 0) is 46.1 Å². The highest BCUT2D eigenvalue weighted by Crippen LogP contribution is 2.26. The van der Waals surface area contributed by atoms with Crippen LogP contribution in [0.15, 0.2) is 34.8 Å². The van der Waals surface area contributed by atoms with Crippen LogP contribution in [-0.4, -0.2) is 11.7 Å². The molecular weight excluding hydrogens is 244 g/mol. The van der Waals surface area contributed by atoms with Gasteiger partial charge in [0, 0.05) is 0 Å². The van der Waals surface area contributed by atoms with E-state index in [1.807, 2.05) is 25.1 Å². The lowest BCUT2D eigenvalue weighted by molar-refractivity contribution is 0.281. The minimum absolute atomic E-state index is 0.0410. The first-order valence-electron chi connectivity index (χ1n) is 4.30. The molecule has 0 aliphatic carbocycles. The number of hydrogen-bond donors (Lipinski definition) is 1. The standard InChI is InChI=1S/C11H13BrO2/c1-8(2)7-14-11-4-3-9(6-13)5-10(11)12/h3-5,13H,1,6-7H2,2H3. The van der Waals surface area contributed by atoms with Crippen LogP contribution >= 0.6 is 15.9 Å². The molecule has 0 aliphatic rings. The van der Waals surface area contributed by atoms with E-state index in [9.17, 15) is 0 Å². The summed E-state index contributed by atoms with van der Waals surface area (Å²) in [5, 5.41) is 8.90. The SMILES string of the molecule is C=C(C)COc1ccc(CO)cc1Br. The van der Waals surface area contributed by atoms with Crippen molar-refractivity contribution in [1.82, 2.24) is 0 Å². The van der Waals surface area contributed by atoms with Gasteiger partial charge in [0.25, 0.3) is 0 Å². The van der Waals surface area contributed by atoms with Crippen LogP contribution in [0.5, 0.6) is 5.75 Å². The minimum atomic E-state index is 0.0410. The fourth-order valence-corrected chi connectivity index (χ4v) is 1.50. The molecule has 1 aromatic rings. The summed E-state index contributed by atoms with van der Waals surface area (Å²) in [5.74, 6) is 0.769. The Bertz CT molecular complexity index is 334. The molecule has 0 heterocycles. The van der Waals surface area contributed by atoms with Crippen molar-refractivity contribution >= 4 is 15.9 Å².